The Morgan fingerprint density at radius 3 is 2.11 bits per heavy atom. The van der Waals surface area contributed by atoms with E-state index in [1.807, 2.05) is 13.8 Å². The third-order valence-corrected chi connectivity index (χ3v) is 2.99. The Hall–Kier alpha value is -1.55. The lowest BCUT2D eigenvalue weighted by atomic mass is 9.86. The molecule has 1 aromatic carbocycles. The number of methoxy groups -OCH3 is 2. The smallest absolute Gasteiger partial charge is 0.311 e. The topological polar surface area (TPSA) is 55.8 Å². The molecule has 0 heterocycles. The molecule has 4 heteroatoms. The van der Waals surface area contributed by atoms with E-state index in [2.05, 4.69) is 0 Å². The van der Waals surface area contributed by atoms with Crippen molar-refractivity contribution in [3.63, 3.8) is 0 Å². The lowest BCUT2D eigenvalue weighted by Crippen LogP contribution is -2.28. The van der Waals surface area contributed by atoms with E-state index in [1.165, 1.54) is 7.11 Å². The fourth-order valence-electron chi connectivity index (χ4n) is 1.91. The zero-order valence-electron chi connectivity index (χ0n) is 11.2. The van der Waals surface area contributed by atoms with Gasteiger partial charge in [0.15, 0.2) is 0 Å². The first-order valence-corrected chi connectivity index (χ1v) is 5.91. The first-order chi connectivity index (χ1) is 8.51. The van der Waals surface area contributed by atoms with Crippen LogP contribution >= 0.6 is 0 Å². The lowest BCUT2D eigenvalue weighted by Gasteiger charge is -2.24. The SMILES string of the molecule is COC(=O)C(C(C)C)C(O)c1ccc(OC)cc1. The van der Waals surface area contributed by atoms with E-state index >= 15 is 0 Å². The zero-order valence-corrected chi connectivity index (χ0v) is 11.2. The van der Waals surface area contributed by atoms with Gasteiger partial charge in [0, 0.05) is 0 Å². The summed E-state index contributed by atoms with van der Waals surface area (Å²) in [5.74, 6) is -0.253. The van der Waals surface area contributed by atoms with Crippen molar-refractivity contribution < 1.29 is 19.4 Å². The molecule has 1 N–H and O–H groups in total. The van der Waals surface area contributed by atoms with E-state index in [1.54, 1.807) is 31.4 Å². The van der Waals surface area contributed by atoms with Crippen molar-refractivity contribution in [3.05, 3.63) is 29.8 Å². The van der Waals surface area contributed by atoms with Crippen molar-refractivity contribution >= 4 is 5.97 Å². The predicted octanol–water partition coefficient (Wildman–Crippen LogP) is 2.17. The summed E-state index contributed by atoms with van der Waals surface area (Å²) in [5, 5.41) is 10.3. The molecule has 18 heavy (non-hydrogen) atoms. The van der Waals surface area contributed by atoms with Crippen molar-refractivity contribution in [2.24, 2.45) is 11.8 Å². The number of hydrogen-bond donors (Lipinski definition) is 1. The molecule has 0 aliphatic carbocycles. The van der Waals surface area contributed by atoms with Crippen molar-refractivity contribution in [3.8, 4) is 5.75 Å². The summed E-state index contributed by atoms with van der Waals surface area (Å²) < 4.78 is 9.79. The summed E-state index contributed by atoms with van der Waals surface area (Å²) in [5.41, 5.74) is 0.680. The second-order valence-electron chi connectivity index (χ2n) is 4.51. The van der Waals surface area contributed by atoms with Crippen LogP contribution < -0.4 is 4.74 Å². The molecular weight excluding hydrogens is 232 g/mol. The molecule has 2 unspecified atom stereocenters. The Bertz CT molecular complexity index is 383. The molecule has 4 nitrogen and oxygen atoms in total. The van der Waals surface area contributed by atoms with Gasteiger partial charge in [0.1, 0.15) is 5.75 Å². The molecule has 0 saturated carbocycles. The molecule has 0 aromatic heterocycles. The van der Waals surface area contributed by atoms with Gasteiger partial charge in [0.2, 0.25) is 0 Å². The highest BCUT2D eigenvalue weighted by atomic mass is 16.5. The number of benzene rings is 1. The second-order valence-corrected chi connectivity index (χ2v) is 4.51. The fourth-order valence-corrected chi connectivity index (χ4v) is 1.91. The van der Waals surface area contributed by atoms with Gasteiger partial charge in [-0.3, -0.25) is 4.79 Å². The van der Waals surface area contributed by atoms with Crippen molar-refractivity contribution in [2.75, 3.05) is 14.2 Å². The van der Waals surface area contributed by atoms with Crippen molar-refractivity contribution in [1.82, 2.24) is 0 Å². The molecule has 0 aliphatic heterocycles. The van der Waals surface area contributed by atoms with E-state index in [-0.39, 0.29) is 5.92 Å². The van der Waals surface area contributed by atoms with Gasteiger partial charge in [-0.1, -0.05) is 26.0 Å². The van der Waals surface area contributed by atoms with Gasteiger partial charge in [-0.05, 0) is 23.6 Å². The Morgan fingerprint density at radius 2 is 1.72 bits per heavy atom. The highest BCUT2D eigenvalue weighted by Crippen LogP contribution is 2.30. The third-order valence-electron chi connectivity index (χ3n) is 2.99. The molecule has 1 aromatic rings. The number of esters is 1. The highest BCUT2D eigenvalue weighted by molar-refractivity contribution is 5.73. The van der Waals surface area contributed by atoms with Crippen molar-refractivity contribution in [2.45, 2.75) is 20.0 Å². The van der Waals surface area contributed by atoms with E-state index in [0.29, 0.717) is 11.3 Å². The summed E-state index contributed by atoms with van der Waals surface area (Å²) in [6.07, 6.45) is -0.872. The van der Waals surface area contributed by atoms with Crippen LogP contribution in [0, 0.1) is 11.8 Å². The molecule has 2 atom stereocenters. The van der Waals surface area contributed by atoms with E-state index in [0.717, 1.165) is 0 Å². The summed E-state index contributed by atoms with van der Waals surface area (Å²) in [4.78, 5) is 11.7. The maximum absolute atomic E-state index is 11.7. The Kier molecular flexibility index (Phi) is 5.16. The molecule has 0 spiro atoms. The van der Waals surface area contributed by atoms with Crippen LogP contribution in [0.25, 0.3) is 0 Å². The second kappa shape index (κ2) is 6.40. The summed E-state index contributed by atoms with van der Waals surface area (Å²) in [6.45, 7) is 3.77. The lowest BCUT2D eigenvalue weighted by molar-refractivity contribution is -0.152. The molecule has 0 bridgehead atoms. The maximum atomic E-state index is 11.7. The van der Waals surface area contributed by atoms with Gasteiger partial charge in [-0.15, -0.1) is 0 Å². The van der Waals surface area contributed by atoms with Crippen LogP contribution in [-0.2, 0) is 9.53 Å². The Balaban J connectivity index is 2.94. The monoisotopic (exact) mass is 252 g/mol. The Morgan fingerprint density at radius 1 is 1.17 bits per heavy atom. The number of ether oxygens (including phenoxy) is 2. The normalized spacial score (nSPS) is 14.1. The van der Waals surface area contributed by atoms with Crippen LogP contribution in [0.5, 0.6) is 5.75 Å². The zero-order chi connectivity index (χ0) is 13.7. The average molecular weight is 252 g/mol. The van der Waals surface area contributed by atoms with Gasteiger partial charge in [0.05, 0.1) is 26.2 Å². The van der Waals surface area contributed by atoms with Crippen LogP contribution in [0.2, 0.25) is 0 Å². The predicted molar refractivity (Wildman–Crippen MR) is 68.3 cm³/mol. The molecule has 0 radical (unpaired) electrons. The molecule has 100 valence electrons. The fraction of sp³-hybridized carbons (Fsp3) is 0.500. The summed E-state index contributed by atoms with van der Waals surface area (Å²) in [7, 11) is 2.91. The first kappa shape index (κ1) is 14.5. The summed E-state index contributed by atoms with van der Waals surface area (Å²) >= 11 is 0. The number of carbonyl (C=O) groups excluding carboxylic acids is 1. The number of hydrogen-bond acceptors (Lipinski definition) is 4. The quantitative estimate of drug-likeness (QED) is 0.816. The molecule has 0 aliphatic rings. The minimum Gasteiger partial charge on any atom is -0.497 e. The number of aliphatic hydroxyl groups is 1. The first-order valence-electron chi connectivity index (χ1n) is 5.91. The minimum atomic E-state index is -0.872. The van der Waals surface area contributed by atoms with Gasteiger partial charge >= 0.3 is 5.97 Å². The molecule has 0 saturated heterocycles. The number of rotatable bonds is 5. The highest BCUT2D eigenvalue weighted by Gasteiger charge is 2.31. The molecule has 0 fully saturated rings. The molecule has 0 amide bonds. The van der Waals surface area contributed by atoms with Gasteiger partial charge in [-0.25, -0.2) is 0 Å². The Labute approximate surface area is 108 Å². The molecular formula is C14H20O4. The van der Waals surface area contributed by atoms with Gasteiger partial charge in [0.25, 0.3) is 0 Å². The number of aliphatic hydroxyl groups excluding tert-OH is 1. The molecule has 1 rings (SSSR count). The van der Waals surface area contributed by atoms with Gasteiger partial charge < -0.3 is 14.6 Å². The van der Waals surface area contributed by atoms with E-state index in [9.17, 15) is 9.90 Å². The van der Waals surface area contributed by atoms with Crippen LogP contribution in [0.1, 0.15) is 25.5 Å². The third kappa shape index (κ3) is 3.23. The van der Waals surface area contributed by atoms with E-state index < -0.39 is 18.0 Å². The van der Waals surface area contributed by atoms with Crippen LogP contribution in [-0.4, -0.2) is 25.3 Å². The van der Waals surface area contributed by atoms with Crippen LogP contribution in [0.3, 0.4) is 0 Å². The van der Waals surface area contributed by atoms with Crippen LogP contribution in [0.4, 0.5) is 0 Å². The standard InChI is InChI=1S/C14H20O4/c1-9(2)12(14(16)18-4)13(15)10-5-7-11(17-3)8-6-10/h5-9,12-13,15H,1-4H3. The van der Waals surface area contributed by atoms with E-state index in [4.69, 9.17) is 9.47 Å². The largest absolute Gasteiger partial charge is 0.497 e. The number of carbonyl (C=O) groups is 1. The average Bonchev–Trinajstić information content (AvgIpc) is 2.38. The minimum absolute atomic E-state index is 0.00504. The van der Waals surface area contributed by atoms with Crippen LogP contribution in [0.15, 0.2) is 24.3 Å². The van der Waals surface area contributed by atoms with Crippen molar-refractivity contribution in [1.29, 1.82) is 0 Å². The van der Waals surface area contributed by atoms with Gasteiger partial charge in [-0.2, -0.15) is 0 Å². The summed E-state index contributed by atoms with van der Waals surface area (Å²) in [6, 6.07) is 7.02. The maximum Gasteiger partial charge on any atom is 0.311 e.